The van der Waals surface area contributed by atoms with E-state index in [4.69, 9.17) is 16.3 Å². The Morgan fingerprint density at radius 1 is 1.22 bits per heavy atom. The van der Waals surface area contributed by atoms with Crippen LogP contribution in [0.4, 0.5) is 16.5 Å². The van der Waals surface area contributed by atoms with E-state index in [2.05, 4.69) is 20.8 Å². The number of methoxy groups -OCH3 is 1. The Bertz CT molecular complexity index is 949. The Morgan fingerprint density at radius 3 is 2.81 bits per heavy atom. The zero-order valence-electron chi connectivity index (χ0n) is 14.7. The summed E-state index contributed by atoms with van der Waals surface area (Å²) in [6.07, 6.45) is 0. The molecule has 3 rings (SSSR count). The van der Waals surface area contributed by atoms with Gasteiger partial charge in [-0.05, 0) is 42.8 Å². The van der Waals surface area contributed by atoms with Crippen LogP contribution in [0.5, 0.6) is 5.75 Å². The number of aromatic nitrogens is 2. The smallest absolute Gasteiger partial charge is 0.234 e. The summed E-state index contributed by atoms with van der Waals surface area (Å²) in [6, 6.07) is 13.1. The molecule has 0 saturated heterocycles. The SMILES string of the molecule is COc1ccc(NC(=O)CSc2nnc(Nc3cccc(C)c3)s2)cc1Cl. The average molecular weight is 421 g/mol. The van der Waals surface area contributed by atoms with Gasteiger partial charge in [-0.1, -0.05) is 46.8 Å². The quantitative estimate of drug-likeness (QED) is 0.525. The topological polar surface area (TPSA) is 76.1 Å². The Labute approximate surface area is 170 Å². The number of aryl methyl sites for hydroxylation is 1. The van der Waals surface area contributed by atoms with Crippen molar-refractivity contribution in [2.75, 3.05) is 23.5 Å². The monoisotopic (exact) mass is 420 g/mol. The van der Waals surface area contributed by atoms with E-state index in [0.717, 1.165) is 11.3 Å². The number of thioether (sulfide) groups is 1. The minimum atomic E-state index is -0.148. The largest absolute Gasteiger partial charge is 0.495 e. The van der Waals surface area contributed by atoms with Gasteiger partial charge in [-0.3, -0.25) is 4.79 Å². The fraction of sp³-hybridized carbons (Fsp3) is 0.167. The highest BCUT2D eigenvalue weighted by Crippen LogP contribution is 2.29. The van der Waals surface area contributed by atoms with E-state index in [9.17, 15) is 4.79 Å². The number of ether oxygens (including phenoxy) is 1. The van der Waals surface area contributed by atoms with Crippen molar-refractivity contribution in [3.8, 4) is 5.75 Å². The molecule has 0 spiro atoms. The summed E-state index contributed by atoms with van der Waals surface area (Å²) < 4.78 is 5.81. The lowest BCUT2D eigenvalue weighted by Crippen LogP contribution is -2.13. The zero-order valence-corrected chi connectivity index (χ0v) is 17.0. The number of hydrogen-bond acceptors (Lipinski definition) is 7. The molecule has 0 fully saturated rings. The van der Waals surface area contributed by atoms with Crippen LogP contribution in [0.2, 0.25) is 5.02 Å². The molecule has 1 aromatic heterocycles. The van der Waals surface area contributed by atoms with Crippen LogP contribution in [0.1, 0.15) is 5.56 Å². The highest BCUT2D eigenvalue weighted by atomic mass is 35.5. The molecule has 0 saturated carbocycles. The van der Waals surface area contributed by atoms with Crippen molar-refractivity contribution in [1.82, 2.24) is 10.2 Å². The normalized spacial score (nSPS) is 10.5. The van der Waals surface area contributed by atoms with E-state index in [-0.39, 0.29) is 11.7 Å². The zero-order chi connectivity index (χ0) is 19.2. The predicted octanol–water partition coefficient (Wildman–Crippen LogP) is 4.98. The van der Waals surface area contributed by atoms with Gasteiger partial charge in [0.05, 0.1) is 17.9 Å². The molecule has 1 amide bonds. The van der Waals surface area contributed by atoms with Gasteiger partial charge in [-0.15, -0.1) is 10.2 Å². The second-order valence-corrected chi connectivity index (χ2v) is 8.16. The van der Waals surface area contributed by atoms with E-state index < -0.39 is 0 Å². The number of carbonyl (C=O) groups excluding carboxylic acids is 1. The summed E-state index contributed by atoms with van der Waals surface area (Å²) in [5.41, 5.74) is 2.73. The minimum Gasteiger partial charge on any atom is -0.495 e. The van der Waals surface area contributed by atoms with Crippen LogP contribution in [-0.2, 0) is 4.79 Å². The van der Waals surface area contributed by atoms with Crippen LogP contribution >= 0.6 is 34.7 Å². The molecular formula is C18H17ClN4O2S2. The van der Waals surface area contributed by atoms with E-state index in [1.807, 2.05) is 31.2 Å². The highest BCUT2D eigenvalue weighted by molar-refractivity contribution is 8.01. The summed E-state index contributed by atoms with van der Waals surface area (Å²) in [5.74, 6) is 0.638. The number of rotatable bonds is 7. The Morgan fingerprint density at radius 2 is 2.07 bits per heavy atom. The predicted molar refractivity (Wildman–Crippen MR) is 112 cm³/mol. The maximum atomic E-state index is 12.1. The number of hydrogen-bond donors (Lipinski definition) is 2. The second-order valence-electron chi connectivity index (χ2n) is 5.55. The molecule has 140 valence electrons. The standard InChI is InChI=1S/C18H17ClN4O2S2/c1-11-4-3-5-12(8-11)21-17-22-23-18(27-17)26-10-16(24)20-13-6-7-15(25-2)14(19)9-13/h3-9H,10H2,1-2H3,(H,20,24)(H,21,22). The molecule has 0 bridgehead atoms. The van der Waals surface area contributed by atoms with Gasteiger partial charge in [0.1, 0.15) is 5.75 Å². The first-order valence-electron chi connectivity index (χ1n) is 7.97. The first-order chi connectivity index (χ1) is 13.0. The lowest BCUT2D eigenvalue weighted by atomic mass is 10.2. The van der Waals surface area contributed by atoms with Gasteiger partial charge in [0, 0.05) is 11.4 Å². The molecule has 0 unspecified atom stereocenters. The lowest BCUT2D eigenvalue weighted by molar-refractivity contribution is -0.113. The molecule has 3 aromatic rings. The van der Waals surface area contributed by atoms with Gasteiger partial charge in [-0.25, -0.2) is 0 Å². The third-order valence-corrected chi connectivity index (χ3v) is 5.71. The molecule has 0 aliphatic carbocycles. The number of benzene rings is 2. The van der Waals surface area contributed by atoms with Crippen LogP contribution in [0.15, 0.2) is 46.8 Å². The fourth-order valence-electron chi connectivity index (χ4n) is 2.23. The second kappa shape index (κ2) is 9.07. The van der Waals surface area contributed by atoms with Crippen molar-refractivity contribution < 1.29 is 9.53 Å². The van der Waals surface area contributed by atoms with E-state index in [1.54, 1.807) is 25.3 Å². The van der Waals surface area contributed by atoms with Crippen molar-refractivity contribution in [1.29, 1.82) is 0 Å². The summed E-state index contributed by atoms with van der Waals surface area (Å²) in [6.45, 7) is 2.03. The van der Waals surface area contributed by atoms with Crippen LogP contribution in [-0.4, -0.2) is 29.0 Å². The summed E-state index contributed by atoms with van der Waals surface area (Å²) in [7, 11) is 1.54. The molecular weight excluding hydrogens is 404 g/mol. The number of halogens is 1. The Kier molecular flexibility index (Phi) is 6.54. The molecule has 0 aliphatic heterocycles. The average Bonchev–Trinajstić information content (AvgIpc) is 3.07. The Balaban J connectivity index is 1.52. The van der Waals surface area contributed by atoms with Crippen molar-refractivity contribution in [3.63, 3.8) is 0 Å². The third kappa shape index (κ3) is 5.59. The van der Waals surface area contributed by atoms with Gasteiger partial charge in [-0.2, -0.15) is 0 Å². The lowest BCUT2D eigenvalue weighted by Gasteiger charge is -2.07. The van der Waals surface area contributed by atoms with Gasteiger partial charge in [0.15, 0.2) is 4.34 Å². The summed E-state index contributed by atoms with van der Waals surface area (Å²) >= 11 is 8.79. The minimum absolute atomic E-state index is 0.148. The van der Waals surface area contributed by atoms with Crippen LogP contribution in [0.3, 0.4) is 0 Å². The van der Waals surface area contributed by atoms with E-state index in [0.29, 0.717) is 25.9 Å². The molecule has 2 N–H and O–H groups in total. The molecule has 0 radical (unpaired) electrons. The summed E-state index contributed by atoms with van der Waals surface area (Å²) in [4.78, 5) is 12.1. The van der Waals surface area contributed by atoms with Crippen molar-refractivity contribution >= 4 is 57.1 Å². The number of nitrogens with one attached hydrogen (secondary N) is 2. The number of anilines is 3. The first kappa shape index (κ1) is 19.5. The van der Waals surface area contributed by atoms with Crippen molar-refractivity contribution in [2.45, 2.75) is 11.3 Å². The van der Waals surface area contributed by atoms with Gasteiger partial charge in [0.2, 0.25) is 11.0 Å². The van der Waals surface area contributed by atoms with Gasteiger partial charge < -0.3 is 15.4 Å². The van der Waals surface area contributed by atoms with Crippen LogP contribution in [0.25, 0.3) is 0 Å². The number of carbonyl (C=O) groups is 1. The highest BCUT2D eigenvalue weighted by Gasteiger charge is 2.10. The molecule has 2 aromatic carbocycles. The third-order valence-electron chi connectivity index (χ3n) is 3.44. The number of amides is 1. The molecule has 1 heterocycles. The van der Waals surface area contributed by atoms with Gasteiger partial charge in [0.25, 0.3) is 0 Å². The summed E-state index contributed by atoms with van der Waals surface area (Å²) in [5, 5.41) is 15.4. The van der Waals surface area contributed by atoms with E-state index in [1.165, 1.54) is 23.1 Å². The van der Waals surface area contributed by atoms with Crippen molar-refractivity contribution in [3.05, 3.63) is 53.1 Å². The van der Waals surface area contributed by atoms with Crippen LogP contribution in [0, 0.1) is 6.92 Å². The molecule has 0 aliphatic rings. The van der Waals surface area contributed by atoms with Crippen LogP contribution < -0.4 is 15.4 Å². The fourth-order valence-corrected chi connectivity index (χ4v) is 4.06. The molecule has 0 atom stereocenters. The van der Waals surface area contributed by atoms with Crippen molar-refractivity contribution in [2.24, 2.45) is 0 Å². The number of nitrogens with zero attached hydrogens (tertiary/aromatic N) is 2. The molecule has 9 heteroatoms. The van der Waals surface area contributed by atoms with E-state index >= 15 is 0 Å². The molecule has 6 nitrogen and oxygen atoms in total. The van der Waals surface area contributed by atoms with Gasteiger partial charge >= 0.3 is 0 Å². The molecule has 27 heavy (non-hydrogen) atoms. The Hall–Kier alpha value is -2.29. The maximum absolute atomic E-state index is 12.1. The first-order valence-corrected chi connectivity index (χ1v) is 10.1. The maximum Gasteiger partial charge on any atom is 0.234 e.